The molecule has 0 unspecified atom stereocenters. The highest BCUT2D eigenvalue weighted by Crippen LogP contribution is 2.45. The van der Waals surface area contributed by atoms with Gasteiger partial charge < -0.3 is 4.90 Å². The standard InChI is InChI=1S/C20H21NO/c1-2-21-19-6-4-3-5-15(19)9-10-16-11-17(13-22)18(12-20(16)21)14-7-8-14/h3-6,11-14H,2,7-10H2,1H3. The molecule has 2 aromatic carbocycles. The molecule has 0 saturated heterocycles. The van der Waals surface area contributed by atoms with Crippen LogP contribution in [0.1, 0.15) is 52.7 Å². The summed E-state index contributed by atoms with van der Waals surface area (Å²) in [5.41, 5.74) is 7.50. The number of carbonyl (C=O) groups is 1. The van der Waals surface area contributed by atoms with E-state index >= 15 is 0 Å². The Morgan fingerprint density at radius 1 is 1.09 bits per heavy atom. The van der Waals surface area contributed by atoms with Crippen molar-refractivity contribution < 1.29 is 4.79 Å². The van der Waals surface area contributed by atoms with Crippen molar-refractivity contribution in [2.75, 3.05) is 11.4 Å². The molecule has 0 N–H and O–H groups in total. The number of aryl methyl sites for hydroxylation is 2. The van der Waals surface area contributed by atoms with Crippen LogP contribution in [0.2, 0.25) is 0 Å². The van der Waals surface area contributed by atoms with Crippen LogP contribution in [0.3, 0.4) is 0 Å². The van der Waals surface area contributed by atoms with Gasteiger partial charge in [-0.05, 0) is 73.4 Å². The summed E-state index contributed by atoms with van der Waals surface area (Å²) in [7, 11) is 0. The van der Waals surface area contributed by atoms with E-state index in [1.807, 2.05) is 0 Å². The normalized spacial score (nSPS) is 16.7. The summed E-state index contributed by atoms with van der Waals surface area (Å²) >= 11 is 0. The van der Waals surface area contributed by atoms with Crippen LogP contribution in [-0.2, 0) is 12.8 Å². The Hall–Kier alpha value is -2.09. The first-order valence-corrected chi connectivity index (χ1v) is 8.29. The molecule has 1 saturated carbocycles. The average Bonchev–Trinajstić information content (AvgIpc) is 3.39. The Labute approximate surface area is 131 Å². The van der Waals surface area contributed by atoms with E-state index in [2.05, 4.69) is 48.2 Å². The highest BCUT2D eigenvalue weighted by atomic mass is 16.1. The highest BCUT2D eigenvalue weighted by molar-refractivity contribution is 5.82. The molecule has 1 aliphatic carbocycles. The summed E-state index contributed by atoms with van der Waals surface area (Å²) < 4.78 is 0. The number of para-hydroxylation sites is 1. The third-order valence-corrected chi connectivity index (χ3v) is 4.98. The monoisotopic (exact) mass is 291 g/mol. The van der Waals surface area contributed by atoms with Crippen LogP contribution in [0.15, 0.2) is 36.4 Å². The number of aldehydes is 1. The first-order chi connectivity index (χ1) is 10.8. The lowest BCUT2D eigenvalue weighted by molar-refractivity contribution is 0.112. The number of anilines is 2. The van der Waals surface area contributed by atoms with Gasteiger partial charge in [-0.2, -0.15) is 0 Å². The molecule has 2 heteroatoms. The largest absolute Gasteiger partial charge is 0.341 e. The van der Waals surface area contributed by atoms with Crippen LogP contribution in [-0.4, -0.2) is 12.8 Å². The Bertz CT molecular complexity index is 730. The van der Waals surface area contributed by atoms with Crippen LogP contribution in [0.25, 0.3) is 0 Å². The fourth-order valence-corrected chi connectivity index (χ4v) is 3.70. The van der Waals surface area contributed by atoms with Gasteiger partial charge in [0.05, 0.1) is 0 Å². The summed E-state index contributed by atoms with van der Waals surface area (Å²) in [6.07, 6.45) is 5.54. The molecular formula is C20H21NO. The van der Waals surface area contributed by atoms with Gasteiger partial charge >= 0.3 is 0 Å². The summed E-state index contributed by atoms with van der Waals surface area (Å²) in [4.78, 5) is 13.9. The summed E-state index contributed by atoms with van der Waals surface area (Å²) in [5.74, 6) is 0.600. The van der Waals surface area contributed by atoms with E-state index in [9.17, 15) is 4.79 Å². The molecule has 1 heterocycles. The maximum atomic E-state index is 11.5. The van der Waals surface area contributed by atoms with Crippen molar-refractivity contribution in [3.8, 4) is 0 Å². The third kappa shape index (κ3) is 2.14. The molecule has 1 aliphatic heterocycles. The number of hydrogen-bond acceptors (Lipinski definition) is 2. The number of nitrogens with zero attached hydrogens (tertiary/aromatic N) is 1. The van der Waals surface area contributed by atoms with Crippen molar-refractivity contribution in [3.05, 3.63) is 58.7 Å². The molecule has 2 aromatic rings. The Kier molecular flexibility index (Phi) is 3.25. The topological polar surface area (TPSA) is 20.3 Å². The maximum Gasteiger partial charge on any atom is 0.150 e. The van der Waals surface area contributed by atoms with Gasteiger partial charge in [-0.25, -0.2) is 0 Å². The molecule has 112 valence electrons. The van der Waals surface area contributed by atoms with Crippen LogP contribution >= 0.6 is 0 Å². The van der Waals surface area contributed by atoms with Crippen molar-refractivity contribution in [2.24, 2.45) is 0 Å². The molecule has 0 aromatic heterocycles. The Morgan fingerprint density at radius 3 is 2.59 bits per heavy atom. The number of rotatable bonds is 3. The van der Waals surface area contributed by atoms with Gasteiger partial charge in [-0.15, -0.1) is 0 Å². The van der Waals surface area contributed by atoms with E-state index in [0.29, 0.717) is 5.92 Å². The lowest BCUT2D eigenvalue weighted by Crippen LogP contribution is -2.18. The van der Waals surface area contributed by atoms with Gasteiger partial charge in [-0.3, -0.25) is 4.79 Å². The molecule has 0 atom stereocenters. The zero-order valence-electron chi connectivity index (χ0n) is 13.0. The molecule has 0 radical (unpaired) electrons. The quantitative estimate of drug-likeness (QED) is 0.768. The van der Waals surface area contributed by atoms with Gasteiger partial charge in [-0.1, -0.05) is 18.2 Å². The zero-order valence-corrected chi connectivity index (χ0v) is 13.0. The van der Waals surface area contributed by atoms with Gasteiger partial charge in [0.2, 0.25) is 0 Å². The van der Waals surface area contributed by atoms with Crippen molar-refractivity contribution in [1.29, 1.82) is 0 Å². The molecule has 4 rings (SSSR count). The Morgan fingerprint density at radius 2 is 1.86 bits per heavy atom. The highest BCUT2D eigenvalue weighted by Gasteiger charge is 2.29. The van der Waals surface area contributed by atoms with Gasteiger partial charge in [0.15, 0.2) is 0 Å². The van der Waals surface area contributed by atoms with E-state index in [1.165, 1.54) is 40.9 Å². The van der Waals surface area contributed by atoms with E-state index < -0.39 is 0 Å². The molecule has 0 spiro atoms. The molecule has 0 amide bonds. The van der Waals surface area contributed by atoms with E-state index in [-0.39, 0.29) is 0 Å². The van der Waals surface area contributed by atoms with Crippen molar-refractivity contribution >= 4 is 17.7 Å². The predicted octanol–water partition coefficient (Wildman–Crippen LogP) is 4.63. The van der Waals surface area contributed by atoms with Crippen LogP contribution in [0.4, 0.5) is 11.4 Å². The third-order valence-electron chi connectivity index (χ3n) is 4.98. The van der Waals surface area contributed by atoms with Crippen molar-refractivity contribution in [2.45, 2.75) is 38.5 Å². The van der Waals surface area contributed by atoms with E-state index in [4.69, 9.17) is 0 Å². The maximum absolute atomic E-state index is 11.5. The van der Waals surface area contributed by atoms with Crippen LogP contribution in [0.5, 0.6) is 0 Å². The lowest BCUT2D eigenvalue weighted by atomic mass is 9.96. The number of fused-ring (bicyclic) bond motifs is 2. The molecule has 0 bridgehead atoms. The number of benzene rings is 2. The SMILES string of the molecule is CCN1c2ccccc2CCc2cc(C=O)c(C3CC3)cc21. The lowest BCUT2D eigenvalue weighted by Gasteiger charge is -2.26. The minimum Gasteiger partial charge on any atom is -0.341 e. The first kappa shape index (κ1) is 13.6. The van der Waals surface area contributed by atoms with Crippen LogP contribution < -0.4 is 4.90 Å². The van der Waals surface area contributed by atoms with E-state index in [1.54, 1.807) is 0 Å². The number of hydrogen-bond donors (Lipinski definition) is 0. The minimum absolute atomic E-state index is 0.600. The fraction of sp³-hybridized carbons (Fsp3) is 0.350. The molecule has 1 fully saturated rings. The second-order valence-corrected chi connectivity index (χ2v) is 6.37. The Balaban J connectivity index is 1.90. The predicted molar refractivity (Wildman–Crippen MR) is 90.3 cm³/mol. The first-order valence-electron chi connectivity index (χ1n) is 8.29. The van der Waals surface area contributed by atoms with Gasteiger partial charge in [0, 0.05) is 23.5 Å². The van der Waals surface area contributed by atoms with Crippen molar-refractivity contribution in [3.63, 3.8) is 0 Å². The summed E-state index contributed by atoms with van der Waals surface area (Å²) in [6, 6.07) is 13.1. The minimum atomic E-state index is 0.600. The van der Waals surface area contributed by atoms with Crippen LogP contribution in [0, 0.1) is 0 Å². The molecule has 2 aliphatic rings. The van der Waals surface area contributed by atoms with Crippen molar-refractivity contribution in [1.82, 2.24) is 0 Å². The summed E-state index contributed by atoms with van der Waals surface area (Å²) in [5, 5.41) is 0. The molecule has 2 nitrogen and oxygen atoms in total. The van der Waals surface area contributed by atoms with Gasteiger partial charge in [0.25, 0.3) is 0 Å². The fourth-order valence-electron chi connectivity index (χ4n) is 3.70. The number of carbonyl (C=O) groups excluding carboxylic acids is 1. The smallest absolute Gasteiger partial charge is 0.150 e. The van der Waals surface area contributed by atoms with Gasteiger partial charge in [0.1, 0.15) is 6.29 Å². The molecule has 22 heavy (non-hydrogen) atoms. The second-order valence-electron chi connectivity index (χ2n) is 6.37. The molecular weight excluding hydrogens is 270 g/mol. The summed E-state index contributed by atoms with van der Waals surface area (Å²) in [6.45, 7) is 3.16. The van der Waals surface area contributed by atoms with E-state index in [0.717, 1.165) is 31.2 Å². The average molecular weight is 291 g/mol. The second kappa shape index (κ2) is 5.28. The zero-order chi connectivity index (χ0) is 15.1.